The first-order valence-corrected chi connectivity index (χ1v) is 17.1. The van der Waals surface area contributed by atoms with Gasteiger partial charge in [-0.3, -0.25) is 14.5 Å². The van der Waals surface area contributed by atoms with Crippen LogP contribution in [0.15, 0.2) is 36.4 Å². The largest absolute Gasteiger partial charge is 0.367 e. The van der Waals surface area contributed by atoms with Crippen LogP contribution in [0.3, 0.4) is 0 Å². The highest BCUT2D eigenvalue weighted by Gasteiger charge is 2.44. The maximum Gasteiger partial charge on any atom is 0.227 e. The second-order valence-electron chi connectivity index (χ2n) is 12.4. The van der Waals surface area contributed by atoms with Crippen LogP contribution >= 0.6 is 71.2 Å². The molecule has 5 rings (SSSR count). The smallest absolute Gasteiger partial charge is 0.227 e. The Kier molecular flexibility index (Phi) is 15.1. The summed E-state index contributed by atoms with van der Waals surface area (Å²) in [4.78, 5) is 33.1. The molecule has 3 aliphatic heterocycles. The van der Waals surface area contributed by atoms with Crippen molar-refractivity contribution in [3.05, 3.63) is 67.6 Å². The zero-order chi connectivity index (χ0) is 31.3. The predicted molar refractivity (Wildman–Crippen MR) is 192 cm³/mol. The number of nitrogens with zero attached hydrogens (tertiary/aromatic N) is 3. The molecule has 13 heteroatoms. The minimum absolute atomic E-state index is 0. The molecule has 0 aliphatic carbocycles. The zero-order valence-electron chi connectivity index (χ0n) is 26.2. The van der Waals surface area contributed by atoms with Crippen LogP contribution < -0.4 is 5.32 Å². The molecule has 2 aromatic carbocycles. The molecule has 3 heterocycles. The number of hydrogen-bond acceptors (Lipinski definition) is 5. The van der Waals surface area contributed by atoms with Crippen LogP contribution in [0, 0.1) is 0 Å². The van der Waals surface area contributed by atoms with Crippen LogP contribution in [0.4, 0.5) is 0 Å². The number of rotatable bonds is 9. The van der Waals surface area contributed by atoms with E-state index in [-0.39, 0.29) is 48.6 Å². The van der Waals surface area contributed by atoms with E-state index in [0.29, 0.717) is 58.2 Å². The van der Waals surface area contributed by atoms with Crippen LogP contribution in [-0.4, -0.2) is 91.5 Å². The molecule has 7 nitrogen and oxygen atoms in total. The number of benzene rings is 2. The topological polar surface area (TPSA) is 65.1 Å². The normalized spacial score (nSPS) is 22.0. The molecule has 2 amide bonds. The SMILES string of the molecule is CNC(=O)CC1(N2CCCCC2)CCN(CCC2(c3ccc(Cl)c(Cl)c3)CN(C(=O)Cc3cccc(Cl)c3Cl)CCO2)CC1.Cl.Cl. The van der Waals surface area contributed by atoms with Crippen molar-refractivity contribution in [2.24, 2.45) is 0 Å². The number of carbonyl (C=O) groups excluding carboxylic acids is 2. The summed E-state index contributed by atoms with van der Waals surface area (Å²) < 4.78 is 6.58. The van der Waals surface area contributed by atoms with Crippen LogP contribution in [0.5, 0.6) is 0 Å². The Bertz CT molecular complexity index is 1340. The highest BCUT2D eigenvalue weighted by atomic mass is 35.5. The molecule has 3 aliphatic rings. The number of likely N-dealkylation sites (tertiary alicyclic amines) is 2. The third-order valence-electron chi connectivity index (χ3n) is 9.77. The number of hydrogen-bond donors (Lipinski definition) is 1. The lowest BCUT2D eigenvalue weighted by atomic mass is 9.80. The predicted octanol–water partition coefficient (Wildman–Crippen LogP) is 7.29. The van der Waals surface area contributed by atoms with Gasteiger partial charge in [-0.1, -0.05) is 71.0 Å². The number of amides is 2. The Morgan fingerprint density at radius 1 is 0.891 bits per heavy atom. The fraction of sp³-hybridized carbons (Fsp3) is 0.576. The van der Waals surface area contributed by atoms with Crippen molar-refractivity contribution in [1.29, 1.82) is 0 Å². The quantitative estimate of drug-likeness (QED) is 0.292. The molecule has 3 saturated heterocycles. The Hall–Kier alpha value is -1.000. The molecule has 1 atom stereocenters. The van der Waals surface area contributed by atoms with E-state index in [1.54, 1.807) is 19.2 Å². The Balaban J connectivity index is 0.00000288. The van der Waals surface area contributed by atoms with E-state index in [0.717, 1.165) is 51.1 Å². The van der Waals surface area contributed by atoms with Gasteiger partial charge in [0.05, 0.1) is 39.7 Å². The van der Waals surface area contributed by atoms with Gasteiger partial charge in [0.15, 0.2) is 0 Å². The highest BCUT2D eigenvalue weighted by molar-refractivity contribution is 6.42. The van der Waals surface area contributed by atoms with Crippen LogP contribution in [0.25, 0.3) is 0 Å². The van der Waals surface area contributed by atoms with Crippen molar-refractivity contribution in [2.75, 3.05) is 59.5 Å². The Morgan fingerprint density at radius 3 is 2.28 bits per heavy atom. The summed E-state index contributed by atoms with van der Waals surface area (Å²) >= 11 is 25.4. The van der Waals surface area contributed by atoms with Gasteiger partial charge in [-0.25, -0.2) is 0 Å². The molecule has 0 spiro atoms. The van der Waals surface area contributed by atoms with E-state index in [9.17, 15) is 9.59 Å². The Labute approximate surface area is 305 Å². The summed E-state index contributed by atoms with van der Waals surface area (Å²) in [5.41, 5.74) is 0.775. The molecule has 0 radical (unpaired) electrons. The van der Waals surface area contributed by atoms with E-state index >= 15 is 0 Å². The molecule has 1 N–H and O–H groups in total. The van der Waals surface area contributed by atoms with Gasteiger partial charge in [0.2, 0.25) is 11.8 Å². The number of ether oxygens (including phenoxy) is 1. The molecule has 256 valence electrons. The second kappa shape index (κ2) is 17.6. The van der Waals surface area contributed by atoms with Crippen LogP contribution in [0.2, 0.25) is 20.1 Å². The summed E-state index contributed by atoms with van der Waals surface area (Å²) in [7, 11) is 1.73. The molecule has 0 bridgehead atoms. The first-order valence-electron chi connectivity index (χ1n) is 15.6. The fourth-order valence-corrected chi connectivity index (χ4v) is 7.78. The van der Waals surface area contributed by atoms with Crippen molar-refractivity contribution < 1.29 is 14.3 Å². The average molecular weight is 757 g/mol. The molecule has 3 fully saturated rings. The summed E-state index contributed by atoms with van der Waals surface area (Å²) in [6, 6.07) is 11.0. The van der Waals surface area contributed by atoms with Gasteiger partial charge in [0.25, 0.3) is 0 Å². The van der Waals surface area contributed by atoms with Gasteiger partial charge in [0, 0.05) is 32.1 Å². The molecule has 46 heavy (non-hydrogen) atoms. The van der Waals surface area contributed by atoms with Crippen molar-refractivity contribution in [2.45, 2.75) is 62.5 Å². The van der Waals surface area contributed by atoms with E-state index in [1.165, 1.54) is 19.3 Å². The Morgan fingerprint density at radius 2 is 1.61 bits per heavy atom. The van der Waals surface area contributed by atoms with E-state index in [1.807, 2.05) is 29.2 Å². The fourth-order valence-electron chi connectivity index (χ4n) is 7.10. The third-order valence-corrected chi connectivity index (χ3v) is 11.4. The summed E-state index contributed by atoms with van der Waals surface area (Å²) in [5.74, 6) is 0.0856. The number of carbonyl (C=O) groups is 2. The van der Waals surface area contributed by atoms with E-state index in [2.05, 4.69) is 15.1 Å². The highest BCUT2D eigenvalue weighted by Crippen LogP contribution is 2.39. The molecule has 2 aromatic rings. The summed E-state index contributed by atoms with van der Waals surface area (Å²) in [6.07, 6.45) is 6.94. The summed E-state index contributed by atoms with van der Waals surface area (Å²) in [5, 5.41) is 4.64. The zero-order valence-corrected chi connectivity index (χ0v) is 30.8. The molecular formula is C33H44Cl6N4O3. The second-order valence-corrected chi connectivity index (χ2v) is 14.0. The number of morpholine rings is 1. The number of halogens is 6. The van der Waals surface area contributed by atoms with Crippen molar-refractivity contribution >= 4 is 83.0 Å². The standard InChI is InChI=1S/C33H42Cl4N4O3.2ClH/c1-38-29(42)22-32(41-13-3-2-4-14-41)10-15-39(16-11-32)17-12-33(25-8-9-26(34)28(36)21-25)23-40(18-19-44-33)30(43)20-24-6-5-7-27(35)31(24)37;;/h5-9,21H,2-4,10-20,22-23H2,1H3,(H,38,42);2*1H. The molecule has 0 aromatic heterocycles. The third kappa shape index (κ3) is 9.16. The van der Waals surface area contributed by atoms with Crippen molar-refractivity contribution in [3.8, 4) is 0 Å². The maximum absolute atomic E-state index is 13.6. The van der Waals surface area contributed by atoms with Gasteiger partial charge in [-0.2, -0.15) is 0 Å². The molecule has 1 unspecified atom stereocenters. The van der Waals surface area contributed by atoms with Gasteiger partial charge >= 0.3 is 0 Å². The first kappa shape index (κ1) is 39.4. The minimum atomic E-state index is -0.746. The van der Waals surface area contributed by atoms with E-state index < -0.39 is 5.60 Å². The van der Waals surface area contributed by atoms with Crippen molar-refractivity contribution in [3.63, 3.8) is 0 Å². The van der Waals surface area contributed by atoms with Gasteiger partial charge in [-0.05, 0) is 87.6 Å². The first-order chi connectivity index (χ1) is 21.1. The van der Waals surface area contributed by atoms with Crippen LogP contribution in [0.1, 0.15) is 56.1 Å². The van der Waals surface area contributed by atoms with Crippen LogP contribution in [-0.2, 0) is 26.3 Å². The minimum Gasteiger partial charge on any atom is -0.367 e. The van der Waals surface area contributed by atoms with Gasteiger partial charge < -0.3 is 19.9 Å². The van der Waals surface area contributed by atoms with Gasteiger partial charge in [0.1, 0.15) is 5.60 Å². The lowest BCUT2D eigenvalue weighted by Crippen LogP contribution is -2.59. The lowest BCUT2D eigenvalue weighted by molar-refractivity contribution is -0.154. The summed E-state index contributed by atoms with van der Waals surface area (Å²) in [6.45, 7) is 6.01. The molecule has 0 saturated carbocycles. The van der Waals surface area contributed by atoms with E-state index in [4.69, 9.17) is 51.1 Å². The van der Waals surface area contributed by atoms with Crippen molar-refractivity contribution in [1.82, 2.24) is 20.0 Å². The lowest BCUT2D eigenvalue weighted by Gasteiger charge is -2.50. The molecular weight excluding hydrogens is 713 g/mol. The number of nitrogens with one attached hydrogen (secondary N) is 1. The monoisotopic (exact) mass is 754 g/mol. The maximum atomic E-state index is 13.6. The average Bonchev–Trinajstić information content (AvgIpc) is 3.04. The number of piperidine rings is 2. The van der Waals surface area contributed by atoms with Gasteiger partial charge in [-0.15, -0.1) is 24.8 Å².